The molecule has 1 aromatic heterocycles. The summed E-state index contributed by atoms with van der Waals surface area (Å²) in [6.45, 7) is 4.22. The Morgan fingerprint density at radius 1 is 1.09 bits per heavy atom. The highest BCUT2D eigenvalue weighted by Crippen LogP contribution is 2.25. The van der Waals surface area contributed by atoms with E-state index in [1.165, 1.54) is 0 Å². The van der Waals surface area contributed by atoms with Crippen molar-refractivity contribution in [1.82, 2.24) is 4.98 Å². The molecule has 0 unspecified atom stereocenters. The van der Waals surface area contributed by atoms with Crippen LogP contribution in [0.4, 0.5) is 0 Å². The van der Waals surface area contributed by atoms with Gasteiger partial charge in [0.25, 0.3) is 0 Å². The van der Waals surface area contributed by atoms with Crippen LogP contribution in [0.3, 0.4) is 0 Å². The summed E-state index contributed by atoms with van der Waals surface area (Å²) in [6, 6.07) is 15.4. The molecule has 0 radical (unpaired) electrons. The second-order valence-electron chi connectivity index (χ2n) is 5.29. The Morgan fingerprint density at radius 3 is 2.61 bits per heavy atom. The van der Waals surface area contributed by atoms with Gasteiger partial charge in [-0.2, -0.15) is 0 Å². The van der Waals surface area contributed by atoms with Crippen molar-refractivity contribution in [2.24, 2.45) is 0 Å². The van der Waals surface area contributed by atoms with E-state index in [1.807, 2.05) is 62.4 Å². The van der Waals surface area contributed by atoms with E-state index in [-0.39, 0.29) is 12.4 Å². The SMILES string of the molecule is Cc1cccc(OCc2nc(-c3ccccc3)c(C=O)o2)c1C. The number of nitrogens with zero attached hydrogens (tertiary/aromatic N) is 1. The molecular formula is C19H17NO3. The molecule has 0 atom stereocenters. The third-order valence-electron chi connectivity index (χ3n) is 3.76. The summed E-state index contributed by atoms with van der Waals surface area (Å²) in [6.07, 6.45) is 0.677. The second kappa shape index (κ2) is 6.48. The molecule has 3 aromatic rings. The quantitative estimate of drug-likeness (QED) is 0.658. The fraction of sp³-hybridized carbons (Fsp3) is 0.158. The van der Waals surface area contributed by atoms with Crippen molar-refractivity contribution in [2.75, 3.05) is 0 Å². The lowest BCUT2D eigenvalue weighted by atomic mass is 10.1. The minimum Gasteiger partial charge on any atom is -0.484 e. The van der Waals surface area contributed by atoms with Gasteiger partial charge in [-0.15, -0.1) is 0 Å². The minimum atomic E-state index is 0.179. The Hall–Kier alpha value is -2.88. The maximum absolute atomic E-state index is 11.2. The molecule has 0 N–H and O–H groups in total. The molecule has 0 fully saturated rings. The van der Waals surface area contributed by atoms with E-state index in [0.717, 1.165) is 22.4 Å². The first-order valence-electron chi connectivity index (χ1n) is 7.38. The van der Waals surface area contributed by atoms with Crippen molar-refractivity contribution in [2.45, 2.75) is 20.5 Å². The predicted octanol–water partition coefficient (Wildman–Crippen LogP) is 4.35. The third-order valence-corrected chi connectivity index (χ3v) is 3.76. The molecule has 4 nitrogen and oxygen atoms in total. The van der Waals surface area contributed by atoms with Crippen molar-refractivity contribution >= 4 is 6.29 Å². The van der Waals surface area contributed by atoms with Gasteiger partial charge in [-0.05, 0) is 31.0 Å². The number of hydrogen-bond donors (Lipinski definition) is 0. The highest BCUT2D eigenvalue weighted by molar-refractivity contribution is 5.82. The maximum Gasteiger partial charge on any atom is 0.233 e. The summed E-state index contributed by atoms with van der Waals surface area (Å²) in [5.74, 6) is 1.39. The molecular weight excluding hydrogens is 290 g/mol. The normalized spacial score (nSPS) is 10.5. The molecule has 0 saturated carbocycles. The predicted molar refractivity (Wildman–Crippen MR) is 87.6 cm³/mol. The molecule has 0 bridgehead atoms. The number of aldehydes is 1. The van der Waals surface area contributed by atoms with E-state index in [4.69, 9.17) is 9.15 Å². The van der Waals surface area contributed by atoms with Crippen LogP contribution in [0, 0.1) is 13.8 Å². The van der Waals surface area contributed by atoms with E-state index in [0.29, 0.717) is 17.9 Å². The van der Waals surface area contributed by atoms with E-state index in [1.54, 1.807) is 0 Å². The molecule has 0 spiro atoms. The number of oxazole rings is 1. The molecule has 0 aliphatic heterocycles. The first-order chi connectivity index (χ1) is 11.2. The van der Waals surface area contributed by atoms with Crippen LogP contribution in [0.1, 0.15) is 27.6 Å². The molecule has 4 heteroatoms. The van der Waals surface area contributed by atoms with Gasteiger partial charge in [0.1, 0.15) is 11.4 Å². The van der Waals surface area contributed by atoms with Gasteiger partial charge in [-0.1, -0.05) is 42.5 Å². The molecule has 1 heterocycles. The monoisotopic (exact) mass is 307 g/mol. The zero-order valence-corrected chi connectivity index (χ0v) is 13.1. The minimum absolute atomic E-state index is 0.179. The summed E-state index contributed by atoms with van der Waals surface area (Å²) < 4.78 is 11.3. The fourth-order valence-electron chi connectivity index (χ4n) is 2.34. The number of carbonyl (C=O) groups excluding carboxylic acids is 1. The summed E-state index contributed by atoms with van der Waals surface area (Å²) in [4.78, 5) is 15.6. The molecule has 0 aliphatic carbocycles. The standard InChI is InChI=1S/C19H17NO3/c1-13-7-6-10-16(14(13)2)22-12-18-20-19(17(11-21)23-18)15-8-4-3-5-9-15/h3-11H,12H2,1-2H3. The largest absolute Gasteiger partial charge is 0.484 e. The van der Waals surface area contributed by atoms with Crippen LogP contribution < -0.4 is 4.74 Å². The van der Waals surface area contributed by atoms with Crippen LogP contribution in [-0.2, 0) is 6.61 Å². The zero-order chi connectivity index (χ0) is 16.2. The third kappa shape index (κ3) is 3.16. The van der Waals surface area contributed by atoms with E-state index in [2.05, 4.69) is 4.98 Å². The Morgan fingerprint density at radius 2 is 1.87 bits per heavy atom. The van der Waals surface area contributed by atoms with E-state index in [9.17, 15) is 4.79 Å². The number of rotatable bonds is 5. The number of aryl methyl sites for hydroxylation is 1. The molecule has 3 rings (SSSR count). The van der Waals surface area contributed by atoms with Crippen molar-refractivity contribution in [3.8, 4) is 17.0 Å². The zero-order valence-electron chi connectivity index (χ0n) is 13.1. The van der Waals surface area contributed by atoms with Gasteiger partial charge in [0, 0.05) is 5.56 Å². The maximum atomic E-state index is 11.2. The first-order valence-corrected chi connectivity index (χ1v) is 7.38. The Kier molecular flexibility index (Phi) is 4.24. The number of ether oxygens (including phenoxy) is 1. The average Bonchev–Trinajstić information content (AvgIpc) is 3.00. The van der Waals surface area contributed by atoms with Crippen LogP contribution in [0.2, 0.25) is 0 Å². The first kappa shape index (κ1) is 15.0. The molecule has 0 aliphatic rings. The van der Waals surface area contributed by atoms with Crippen LogP contribution >= 0.6 is 0 Å². The van der Waals surface area contributed by atoms with Gasteiger partial charge >= 0.3 is 0 Å². The van der Waals surface area contributed by atoms with Gasteiger partial charge in [0.2, 0.25) is 5.89 Å². The second-order valence-corrected chi connectivity index (χ2v) is 5.29. The molecule has 0 amide bonds. The van der Waals surface area contributed by atoms with Gasteiger partial charge in [0.15, 0.2) is 18.7 Å². The summed E-state index contributed by atoms with van der Waals surface area (Å²) in [5, 5.41) is 0. The van der Waals surface area contributed by atoms with Crippen LogP contribution in [0.5, 0.6) is 5.75 Å². The average molecular weight is 307 g/mol. The lowest BCUT2D eigenvalue weighted by Crippen LogP contribution is -1.98. The van der Waals surface area contributed by atoms with Crippen molar-refractivity contribution in [3.63, 3.8) is 0 Å². The number of aromatic nitrogens is 1. The van der Waals surface area contributed by atoms with Gasteiger partial charge in [-0.25, -0.2) is 4.98 Å². The Balaban J connectivity index is 1.83. The number of benzene rings is 2. The van der Waals surface area contributed by atoms with Gasteiger partial charge < -0.3 is 9.15 Å². The Bertz CT molecular complexity index is 822. The van der Waals surface area contributed by atoms with E-state index >= 15 is 0 Å². The van der Waals surface area contributed by atoms with Crippen LogP contribution in [0.25, 0.3) is 11.3 Å². The van der Waals surface area contributed by atoms with Crippen molar-refractivity contribution < 1.29 is 13.9 Å². The number of carbonyl (C=O) groups is 1. The number of hydrogen-bond acceptors (Lipinski definition) is 4. The molecule has 0 saturated heterocycles. The fourth-order valence-corrected chi connectivity index (χ4v) is 2.34. The van der Waals surface area contributed by atoms with Gasteiger partial charge in [0.05, 0.1) is 0 Å². The van der Waals surface area contributed by atoms with Crippen LogP contribution in [0.15, 0.2) is 52.9 Å². The van der Waals surface area contributed by atoms with Crippen LogP contribution in [-0.4, -0.2) is 11.3 Å². The smallest absolute Gasteiger partial charge is 0.233 e. The summed E-state index contributed by atoms with van der Waals surface area (Å²) >= 11 is 0. The Labute approximate surface area is 134 Å². The van der Waals surface area contributed by atoms with Crippen molar-refractivity contribution in [1.29, 1.82) is 0 Å². The molecule has 116 valence electrons. The molecule has 23 heavy (non-hydrogen) atoms. The van der Waals surface area contributed by atoms with E-state index < -0.39 is 0 Å². The van der Waals surface area contributed by atoms with Crippen molar-refractivity contribution in [3.05, 3.63) is 71.3 Å². The highest BCUT2D eigenvalue weighted by Gasteiger charge is 2.15. The highest BCUT2D eigenvalue weighted by atomic mass is 16.5. The topological polar surface area (TPSA) is 52.3 Å². The lowest BCUT2D eigenvalue weighted by Gasteiger charge is -2.08. The lowest BCUT2D eigenvalue weighted by molar-refractivity contribution is 0.109. The van der Waals surface area contributed by atoms with Gasteiger partial charge in [-0.3, -0.25) is 4.79 Å². The summed E-state index contributed by atoms with van der Waals surface area (Å²) in [5.41, 5.74) is 3.63. The summed E-state index contributed by atoms with van der Waals surface area (Å²) in [7, 11) is 0. The molecule has 2 aromatic carbocycles.